The van der Waals surface area contributed by atoms with Crippen molar-refractivity contribution in [2.75, 3.05) is 19.5 Å². The second-order valence-electron chi connectivity index (χ2n) is 6.70. The number of carbonyl (C=O) groups is 1. The van der Waals surface area contributed by atoms with Gasteiger partial charge in [-0.15, -0.1) is 0 Å². The maximum atomic E-state index is 13.1. The number of aryl methyl sites for hydroxylation is 1. The zero-order valence-electron chi connectivity index (χ0n) is 16.4. The van der Waals surface area contributed by atoms with E-state index < -0.39 is 10.8 Å². The lowest BCUT2D eigenvalue weighted by Crippen LogP contribution is -2.18. The lowest BCUT2D eigenvalue weighted by Gasteiger charge is -2.15. The fourth-order valence-electron chi connectivity index (χ4n) is 3.47. The van der Waals surface area contributed by atoms with Crippen molar-refractivity contribution >= 4 is 22.5 Å². The number of aromatic nitrogens is 2. The summed E-state index contributed by atoms with van der Waals surface area (Å²) in [7, 11) is 2.01. The molecule has 1 amide bonds. The molecule has 2 heterocycles. The predicted molar refractivity (Wildman–Crippen MR) is 111 cm³/mol. The van der Waals surface area contributed by atoms with E-state index in [9.17, 15) is 9.00 Å². The summed E-state index contributed by atoms with van der Waals surface area (Å²) in [6, 6.07) is 12.9. The number of hydrogen-bond donors (Lipinski definition) is 1. The van der Waals surface area contributed by atoms with Crippen LogP contribution in [0.25, 0.3) is 5.69 Å². The Morgan fingerprint density at radius 1 is 1.10 bits per heavy atom. The Hall–Kier alpha value is -3.13. The maximum absolute atomic E-state index is 13.1. The second-order valence-corrected chi connectivity index (χ2v) is 8.15. The zero-order chi connectivity index (χ0) is 20.5. The van der Waals surface area contributed by atoms with Gasteiger partial charge < -0.3 is 14.8 Å². The smallest absolute Gasteiger partial charge is 0.260 e. The Kier molecular flexibility index (Phi) is 5.10. The fourth-order valence-corrected chi connectivity index (χ4v) is 4.74. The van der Waals surface area contributed by atoms with E-state index in [2.05, 4.69) is 10.4 Å². The Balaban J connectivity index is 1.79. The molecule has 0 bridgehead atoms. The SMILES string of the molecule is COc1cccc(C(=O)Nc2c3c(nn2-c2ccccc2C)C[S@@](=O)C3)c1OC. The summed E-state index contributed by atoms with van der Waals surface area (Å²) in [5.41, 5.74) is 3.78. The summed E-state index contributed by atoms with van der Waals surface area (Å²) in [6.07, 6.45) is 0. The van der Waals surface area contributed by atoms with Crippen LogP contribution in [0.4, 0.5) is 5.82 Å². The number of benzene rings is 2. The normalized spacial score (nSPS) is 15.1. The van der Waals surface area contributed by atoms with Crippen LogP contribution in [0, 0.1) is 6.92 Å². The number of ether oxygens (including phenoxy) is 2. The molecule has 7 nitrogen and oxygen atoms in total. The Morgan fingerprint density at radius 2 is 1.90 bits per heavy atom. The molecule has 1 N–H and O–H groups in total. The molecule has 2 aromatic carbocycles. The Bertz CT molecular complexity index is 1120. The standard InChI is InChI=1S/C21H21N3O4S/c1-13-7-4-5-9-17(13)24-20(15-11-29(26)12-16(15)23-24)22-21(25)14-8-6-10-18(27-2)19(14)28-3/h4-10H,11-12H2,1-3H3,(H,22,25)/t29-/m0/s1. The summed E-state index contributed by atoms with van der Waals surface area (Å²) in [4.78, 5) is 13.1. The van der Waals surface area contributed by atoms with Gasteiger partial charge in [0.15, 0.2) is 11.5 Å². The van der Waals surface area contributed by atoms with Crippen molar-refractivity contribution in [1.29, 1.82) is 0 Å². The maximum Gasteiger partial charge on any atom is 0.260 e. The largest absolute Gasteiger partial charge is 0.493 e. The number of nitrogens with one attached hydrogen (secondary N) is 1. The molecule has 0 saturated heterocycles. The van der Waals surface area contributed by atoms with Crippen LogP contribution in [0.2, 0.25) is 0 Å². The van der Waals surface area contributed by atoms with Gasteiger partial charge in [0.05, 0.1) is 42.7 Å². The van der Waals surface area contributed by atoms with Crippen LogP contribution in [0.3, 0.4) is 0 Å². The molecular weight excluding hydrogens is 390 g/mol. The molecule has 0 saturated carbocycles. The van der Waals surface area contributed by atoms with Crippen LogP contribution in [-0.4, -0.2) is 34.1 Å². The highest BCUT2D eigenvalue weighted by Gasteiger charge is 2.29. The average Bonchev–Trinajstić information content (AvgIpc) is 3.24. The Morgan fingerprint density at radius 3 is 2.62 bits per heavy atom. The van der Waals surface area contributed by atoms with Gasteiger partial charge in [-0.25, -0.2) is 4.68 Å². The lowest BCUT2D eigenvalue weighted by molar-refractivity contribution is 0.102. The molecule has 8 heteroatoms. The number of carbonyl (C=O) groups excluding carboxylic acids is 1. The van der Waals surface area contributed by atoms with E-state index in [4.69, 9.17) is 9.47 Å². The van der Waals surface area contributed by atoms with Gasteiger partial charge in [-0.05, 0) is 30.7 Å². The highest BCUT2D eigenvalue weighted by Crippen LogP contribution is 2.34. The first-order chi connectivity index (χ1) is 14.0. The predicted octanol–water partition coefficient (Wildman–Crippen LogP) is 3.21. The van der Waals surface area contributed by atoms with E-state index in [0.717, 1.165) is 22.5 Å². The summed E-state index contributed by atoms with van der Waals surface area (Å²) in [6.45, 7) is 1.98. The van der Waals surface area contributed by atoms with Crippen molar-refractivity contribution in [1.82, 2.24) is 9.78 Å². The topological polar surface area (TPSA) is 82.5 Å². The van der Waals surface area contributed by atoms with Gasteiger partial charge in [-0.3, -0.25) is 9.00 Å². The third-order valence-electron chi connectivity index (χ3n) is 4.89. The molecule has 3 aromatic rings. The number of hydrogen-bond acceptors (Lipinski definition) is 5. The minimum absolute atomic E-state index is 0.345. The van der Waals surface area contributed by atoms with Crippen molar-refractivity contribution in [2.24, 2.45) is 0 Å². The first-order valence-corrected chi connectivity index (χ1v) is 10.6. The molecule has 0 spiro atoms. The monoisotopic (exact) mass is 411 g/mol. The molecule has 0 unspecified atom stereocenters. The number of amides is 1. The van der Waals surface area contributed by atoms with Crippen LogP contribution in [-0.2, 0) is 22.3 Å². The van der Waals surface area contributed by atoms with E-state index in [-0.39, 0.29) is 5.91 Å². The number of methoxy groups -OCH3 is 2. The lowest BCUT2D eigenvalue weighted by atomic mass is 10.1. The van der Waals surface area contributed by atoms with Crippen LogP contribution >= 0.6 is 0 Å². The number of anilines is 1. The van der Waals surface area contributed by atoms with Gasteiger partial charge in [0.2, 0.25) is 0 Å². The molecule has 0 aliphatic carbocycles. The third kappa shape index (κ3) is 3.40. The third-order valence-corrected chi connectivity index (χ3v) is 6.10. The summed E-state index contributed by atoms with van der Waals surface area (Å²) < 4.78 is 24.5. The first kappa shape index (κ1) is 19.2. The van der Waals surface area contributed by atoms with Crippen LogP contribution in [0.5, 0.6) is 11.5 Å². The van der Waals surface area contributed by atoms with Crippen molar-refractivity contribution < 1.29 is 18.5 Å². The fraction of sp³-hybridized carbons (Fsp3) is 0.238. The molecule has 0 fully saturated rings. The minimum Gasteiger partial charge on any atom is -0.493 e. The van der Waals surface area contributed by atoms with Crippen molar-refractivity contribution in [3.05, 3.63) is 64.8 Å². The van der Waals surface area contributed by atoms with E-state index in [0.29, 0.717) is 34.4 Å². The number of fused-ring (bicyclic) bond motifs is 1. The second kappa shape index (κ2) is 7.71. The van der Waals surface area contributed by atoms with Gasteiger partial charge >= 0.3 is 0 Å². The van der Waals surface area contributed by atoms with E-state index in [1.165, 1.54) is 14.2 Å². The molecule has 0 radical (unpaired) electrons. The highest BCUT2D eigenvalue weighted by atomic mass is 32.2. The van der Waals surface area contributed by atoms with Crippen molar-refractivity contribution in [3.63, 3.8) is 0 Å². The molecule has 29 heavy (non-hydrogen) atoms. The van der Waals surface area contributed by atoms with Crippen LogP contribution in [0.15, 0.2) is 42.5 Å². The Labute approximate surface area is 171 Å². The number of rotatable bonds is 5. The molecule has 150 valence electrons. The average molecular weight is 411 g/mol. The molecule has 1 aromatic heterocycles. The van der Waals surface area contributed by atoms with Crippen LogP contribution < -0.4 is 14.8 Å². The number of nitrogens with zero attached hydrogens (tertiary/aromatic N) is 2. The molecule has 1 aliphatic heterocycles. The van der Waals surface area contributed by atoms with Gasteiger partial charge in [0.1, 0.15) is 5.82 Å². The van der Waals surface area contributed by atoms with Gasteiger partial charge in [-0.2, -0.15) is 5.10 Å². The molecule has 1 aliphatic rings. The molecule has 4 rings (SSSR count). The zero-order valence-corrected chi connectivity index (χ0v) is 17.2. The van der Waals surface area contributed by atoms with Crippen molar-refractivity contribution in [3.8, 4) is 17.2 Å². The van der Waals surface area contributed by atoms with Gasteiger partial charge in [-0.1, -0.05) is 24.3 Å². The van der Waals surface area contributed by atoms with Crippen LogP contribution in [0.1, 0.15) is 27.2 Å². The summed E-state index contributed by atoms with van der Waals surface area (Å²) in [5, 5.41) is 7.62. The summed E-state index contributed by atoms with van der Waals surface area (Å²) in [5.74, 6) is 1.77. The van der Waals surface area contributed by atoms with Crippen molar-refractivity contribution in [2.45, 2.75) is 18.4 Å². The van der Waals surface area contributed by atoms with E-state index in [1.807, 2.05) is 31.2 Å². The van der Waals surface area contributed by atoms with Gasteiger partial charge in [0, 0.05) is 16.4 Å². The van der Waals surface area contributed by atoms with E-state index in [1.54, 1.807) is 22.9 Å². The van der Waals surface area contributed by atoms with Gasteiger partial charge in [0.25, 0.3) is 5.91 Å². The first-order valence-electron chi connectivity index (χ1n) is 9.07. The molecule has 1 atom stereocenters. The molecular formula is C21H21N3O4S. The summed E-state index contributed by atoms with van der Waals surface area (Å²) >= 11 is 0. The highest BCUT2D eigenvalue weighted by molar-refractivity contribution is 7.83. The minimum atomic E-state index is -1.01. The van der Waals surface area contributed by atoms with E-state index >= 15 is 0 Å². The quantitative estimate of drug-likeness (QED) is 0.697. The number of para-hydroxylation sites is 2.